The normalized spacial score (nSPS) is 10.2. The number of hydrogen-bond acceptors (Lipinski definition) is 3. The van der Waals surface area contributed by atoms with E-state index in [1.165, 1.54) is 37.4 Å². The van der Waals surface area contributed by atoms with E-state index < -0.39 is 11.7 Å². The smallest absolute Gasteiger partial charge is 0.255 e. The van der Waals surface area contributed by atoms with E-state index in [0.29, 0.717) is 0 Å². The summed E-state index contributed by atoms with van der Waals surface area (Å²) in [4.78, 5) is 12.0. The van der Waals surface area contributed by atoms with Crippen LogP contribution in [-0.2, 0) is 0 Å². The number of rotatable bonds is 3. The molecule has 0 saturated carbocycles. The topological polar surface area (TPSA) is 58.6 Å². The van der Waals surface area contributed by atoms with Crippen LogP contribution in [0.5, 0.6) is 11.5 Å². The molecule has 2 aromatic rings. The number of nitrogens with one attached hydrogen (secondary N) is 1. The van der Waals surface area contributed by atoms with E-state index in [9.17, 15) is 14.3 Å². The number of aryl methyl sites for hydroxylation is 1. The zero-order chi connectivity index (χ0) is 14.7. The second-order valence-electron chi connectivity index (χ2n) is 4.32. The Bertz CT molecular complexity index is 656. The number of methoxy groups -OCH3 is 1. The Morgan fingerprint density at radius 3 is 2.60 bits per heavy atom. The van der Waals surface area contributed by atoms with Crippen molar-refractivity contribution in [3.8, 4) is 11.5 Å². The number of phenols is 1. The van der Waals surface area contributed by atoms with Crippen LogP contribution in [0, 0.1) is 12.7 Å². The number of amides is 1. The van der Waals surface area contributed by atoms with Gasteiger partial charge in [0.15, 0.2) is 11.5 Å². The van der Waals surface area contributed by atoms with Crippen molar-refractivity contribution in [2.45, 2.75) is 6.92 Å². The Kier molecular flexibility index (Phi) is 3.89. The maximum absolute atomic E-state index is 13.6. The van der Waals surface area contributed by atoms with Crippen molar-refractivity contribution in [2.75, 3.05) is 12.4 Å². The first kappa shape index (κ1) is 13.9. The molecular weight excluding hydrogens is 261 g/mol. The van der Waals surface area contributed by atoms with Crippen molar-refractivity contribution >= 4 is 11.6 Å². The number of halogens is 1. The molecule has 0 atom stereocenters. The molecule has 0 radical (unpaired) electrons. The highest BCUT2D eigenvalue weighted by atomic mass is 19.1. The molecule has 5 heteroatoms. The Balaban J connectivity index is 2.21. The number of carbonyl (C=O) groups is 1. The third kappa shape index (κ3) is 2.88. The van der Waals surface area contributed by atoms with Crippen LogP contribution in [0.25, 0.3) is 0 Å². The molecule has 1 amide bonds. The number of ether oxygens (including phenoxy) is 1. The number of hydrogen-bond donors (Lipinski definition) is 2. The molecule has 0 unspecified atom stereocenters. The molecule has 0 aliphatic carbocycles. The van der Waals surface area contributed by atoms with Gasteiger partial charge in [-0.25, -0.2) is 4.39 Å². The number of carbonyl (C=O) groups excluding carboxylic acids is 1. The lowest BCUT2D eigenvalue weighted by molar-refractivity contribution is 0.102. The maximum atomic E-state index is 13.6. The minimum Gasteiger partial charge on any atom is -0.504 e. The van der Waals surface area contributed by atoms with Crippen LogP contribution in [0.1, 0.15) is 15.9 Å². The molecule has 2 rings (SSSR count). The van der Waals surface area contributed by atoms with Gasteiger partial charge in [-0.15, -0.1) is 0 Å². The molecule has 20 heavy (non-hydrogen) atoms. The van der Waals surface area contributed by atoms with E-state index in [4.69, 9.17) is 4.74 Å². The first-order valence-corrected chi connectivity index (χ1v) is 5.96. The predicted molar refractivity (Wildman–Crippen MR) is 73.7 cm³/mol. The highest BCUT2D eigenvalue weighted by Gasteiger charge is 2.12. The highest BCUT2D eigenvalue weighted by molar-refractivity contribution is 6.04. The lowest BCUT2D eigenvalue weighted by Crippen LogP contribution is -2.13. The second-order valence-corrected chi connectivity index (χ2v) is 4.32. The molecule has 0 saturated heterocycles. The van der Waals surface area contributed by atoms with Crippen molar-refractivity contribution in [1.82, 2.24) is 0 Å². The van der Waals surface area contributed by atoms with Crippen LogP contribution in [0.15, 0.2) is 36.4 Å². The first-order chi connectivity index (χ1) is 9.51. The third-order valence-corrected chi connectivity index (χ3v) is 2.81. The number of anilines is 1. The molecule has 0 aromatic heterocycles. The van der Waals surface area contributed by atoms with Crippen LogP contribution >= 0.6 is 0 Å². The minimum absolute atomic E-state index is 0.0934. The van der Waals surface area contributed by atoms with Gasteiger partial charge in [0, 0.05) is 5.56 Å². The predicted octanol–water partition coefficient (Wildman–Crippen LogP) is 3.10. The van der Waals surface area contributed by atoms with Gasteiger partial charge in [-0.1, -0.05) is 6.07 Å². The summed E-state index contributed by atoms with van der Waals surface area (Å²) in [6, 6.07) is 8.74. The second kappa shape index (κ2) is 5.61. The van der Waals surface area contributed by atoms with Crippen molar-refractivity contribution in [1.29, 1.82) is 0 Å². The van der Waals surface area contributed by atoms with Crippen LogP contribution < -0.4 is 10.1 Å². The zero-order valence-corrected chi connectivity index (χ0v) is 11.1. The van der Waals surface area contributed by atoms with Crippen molar-refractivity contribution in [3.05, 3.63) is 53.3 Å². The molecular formula is C15H14FNO3. The Labute approximate surface area is 115 Å². The summed E-state index contributed by atoms with van der Waals surface area (Å²) in [6.45, 7) is 1.76. The summed E-state index contributed by atoms with van der Waals surface area (Å²) in [7, 11) is 1.41. The van der Waals surface area contributed by atoms with E-state index >= 15 is 0 Å². The van der Waals surface area contributed by atoms with Gasteiger partial charge in [0.1, 0.15) is 5.82 Å². The molecule has 2 aromatic carbocycles. The molecule has 0 fully saturated rings. The molecule has 0 aliphatic rings. The summed E-state index contributed by atoms with van der Waals surface area (Å²) >= 11 is 0. The van der Waals surface area contributed by atoms with Gasteiger partial charge in [0.05, 0.1) is 12.8 Å². The Morgan fingerprint density at radius 2 is 2.00 bits per heavy atom. The average Bonchev–Trinajstić information content (AvgIpc) is 2.41. The van der Waals surface area contributed by atoms with Gasteiger partial charge < -0.3 is 15.2 Å². The molecule has 104 valence electrons. The fourth-order valence-corrected chi connectivity index (χ4v) is 1.75. The molecule has 0 aliphatic heterocycles. The fourth-order valence-electron chi connectivity index (χ4n) is 1.75. The number of phenolic OH excluding ortho intramolecular Hbond substituents is 1. The van der Waals surface area contributed by atoms with Gasteiger partial charge in [-0.2, -0.15) is 0 Å². The summed E-state index contributed by atoms with van der Waals surface area (Å²) in [5, 5.41) is 12.1. The van der Waals surface area contributed by atoms with Crippen LogP contribution in [-0.4, -0.2) is 18.1 Å². The van der Waals surface area contributed by atoms with Crippen LogP contribution in [0.3, 0.4) is 0 Å². The summed E-state index contributed by atoms with van der Waals surface area (Å²) < 4.78 is 18.5. The van der Waals surface area contributed by atoms with E-state index in [1.807, 2.05) is 0 Å². The Hall–Kier alpha value is -2.56. The average molecular weight is 275 g/mol. The minimum atomic E-state index is -0.509. The zero-order valence-electron chi connectivity index (χ0n) is 11.1. The first-order valence-electron chi connectivity index (χ1n) is 5.96. The summed E-state index contributed by atoms with van der Waals surface area (Å²) in [5.41, 5.74) is 1.07. The quantitative estimate of drug-likeness (QED) is 0.905. The van der Waals surface area contributed by atoms with Crippen molar-refractivity contribution < 1.29 is 19.0 Å². The monoisotopic (exact) mass is 275 g/mol. The Morgan fingerprint density at radius 1 is 1.25 bits per heavy atom. The van der Waals surface area contributed by atoms with Gasteiger partial charge in [-0.05, 0) is 42.8 Å². The highest BCUT2D eigenvalue weighted by Crippen LogP contribution is 2.26. The van der Waals surface area contributed by atoms with Gasteiger partial charge >= 0.3 is 0 Å². The van der Waals surface area contributed by atoms with E-state index in [1.54, 1.807) is 13.0 Å². The van der Waals surface area contributed by atoms with E-state index in [-0.39, 0.29) is 22.7 Å². The number of benzene rings is 2. The molecule has 0 bridgehead atoms. The molecule has 4 nitrogen and oxygen atoms in total. The summed E-state index contributed by atoms with van der Waals surface area (Å²) in [6.07, 6.45) is 0. The SMILES string of the molecule is COc1ccc(C(=O)Nc2ccc(C)cc2F)cc1O. The third-order valence-electron chi connectivity index (χ3n) is 2.81. The van der Waals surface area contributed by atoms with Crippen LogP contribution in [0.4, 0.5) is 10.1 Å². The number of aromatic hydroxyl groups is 1. The maximum Gasteiger partial charge on any atom is 0.255 e. The summed E-state index contributed by atoms with van der Waals surface area (Å²) in [5.74, 6) is -0.894. The van der Waals surface area contributed by atoms with Crippen LogP contribution in [0.2, 0.25) is 0 Å². The molecule has 0 heterocycles. The fraction of sp³-hybridized carbons (Fsp3) is 0.133. The molecule has 2 N–H and O–H groups in total. The van der Waals surface area contributed by atoms with Crippen molar-refractivity contribution in [3.63, 3.8) is 0 Å². The molecule has 0 spiro atoms. The van der Waals surface area contributed by atoms with E-state index in [2.05, 4.69) is 5.32 Å². The van der Waals surface area contributed by atoms with Crippen molar-refractivity contribution in [2.24, 2.45) is 0 Å². The lowest BCUT2D eigenvalue weighted by atomic mass is 10.1. The lowest BCUT2D eigenvalue weighted by Gasteiger charge is -2.08. The standard InChI is InChI=1S/C15H14FNO3/c1-9-3-5-12(11(16)7-9)17-15(19)10-4-6-14(20-2)13(18)8-10/h3-8,18H,1-2H3,(H,17,19). The largest absolute Gasteiger partial charge is 0.504 e. The van der Waals surface area contributed by atoms with Gasteiger partial charge in [0.2, 0.25) is 0 Å². The van der Waals surface area contributed by atoms with Gasteiger partial charge in [0.25, 0.3) is 5.91 Å². The van der Waals surface area contributed by atoms with Gasteiger partial charge in [-0.3, -0.25) is 4.79 Å². The van der Waals surface area contributed by atoms with E-state index in [0.717, 1.165) is 5.56 Å².